The summed E-state index contributed by atoms with van der Waals surface area (Å²) in [4.78, 5) is 42.4. The Morgan fingerprint density at radius 2 is 1.62 bits per heavy atom. The molecule has 0 saturated heterocycles. The standard InChI is InChI=1S/C16H9Cl2NO4S/c1-24-13-6-10(11(17)7-12(13)18)16(22)23-19-14(20)8-4-2-3-5-9(8)15(19)21/h2-7H,1H3. The molecule has 0 bridgehead atoms. The SMILES string of the molecule is CSc1cc(C(=O)ON2C(=O)c3ccccc3C2=O)c(Cl)cc1Cl. The van der Waals surface area contributed by atoms with Crippen LogP contribution in [0.2, 0.25) is 10.0 Å². The van der Waals surface area contributed by atoms with Gasteiger partial charge in [0.2, 0.25) is 0 Å². The molecule has 2 aromatic carbocycles. The Hall–Kier alpha value is -2.02. The van der Waals surface area contributed by atoms with Crippen molar-refractivity contribution in [3.8, 4) is 0 Å². The molecule has 1 aliphatic heterocycles. The number of nitrogens with zero attached hydrogens (tertiary/aromatic N) is 1. The van der Waals surface area contributed by atoms with Gasteiger partial charge < -0.3 is 4.84 Å². The maximum atomic E-state index is 12.3. The molecule has 0 unspecified atom stereocenters. The number of hydrogen-bond donors (Lipinski definition) is 0. The van der Waals surface area contributed by atoms with Crippen LogP contribution in [0.15, 0.2) is 41.3 Å². The van der Waals surface area contributed by atoms with Crippen molar-refractivity contribution in [2.75, 3.05) is 6.26 Å². The Bertz CT molecular complexity index is 849. The van der Waals surface area contributed by atoms with Gasteiger partial charge >= 0.3 is 5.97 Å². The van der Waals surface area contributed by atoms with Crippen molar-refractivity contribution in [2.24, 2.45) is 0 Å². The molecule has 2 aromatic rings. The maximum absolute atomic E-state index is 12.3. The number of thioether (sulfide) groups is 1. The van der Waals surface area contributed by atoms with Crippen LogP contribution in [-0.2, 0) is 4.84 Å². The Balaban J connectivity index is 1.89. The number of imide groups is 1. The molecule has 5 nitrogen and oxygen atoms in total. The third-order valence-electron chi connectivity index (χ3n) is 3.39. The zero-order valence-corrected chi connectivity index (χ0v) is 14.5. The van der Waals surface area contributed by atoms with E-state index in [4.69, 9.17) is 28.0 Å². The van der Waals surface area contributed by atoms with Crippen molar-refractivity contribution in [2.45, 2.75) is 4.90 Å². The highest BCUT2D eigenvalue weighted by Crippen LogP contribution is 2.32. The second-order valence-corrected chi connectivity index (χ2v) is 6.46. The first-order chi connectivity index (χ1) is 11.4. The van der Waals surface area contributed by atoms with E-state index in [1.165, 1.54) is 36.0 Å². The van der Waals surface area contributed by atoms with Crippen molar-refractivity contribution in [3.63, 3.8) is 0 Å². The summed E-state index contributed by atoms with van der Waals surface area (Å²) < 4.78 is 0. The number of halogens is 2. The van der Waals surface area contributed by atoms with Gasteiger partial charge in [0.25, 0.3) is 11.8 Å². The van der Waals surface area contributed by atoms with Gasteiger partial charge in [-0.3, -0.25) is 9.59 Å². The Morgan fingerprint density at radius 3 is 2.17 bits per heavy atom. The molecule has 0 saturated carbocycles. The highest BCUT2D eigenvalue weighted by molar-refractivity contribution is 7.98. The summed E-state index contributed by atoms with van der Waals surface area (Å²) >= 11 is 13.3. The van der Waals surface area contributed by atoms with Crippen molar-refractivity contribution >= 4 is 52.7 Å². The van der Waals surface area contributed by atoms with E-state index in [1.54, 1.807) is 18.4 Å². The van der Waals surface area contributed by atoms with Crippen LogP contribution in [0.3, 0.4) is 0 Å². The van der Waals surface area contributed by atoms with Crippen molar-refractivity contribution in [1.29, 1.82) is 0 Å². The minimum atomic E-state index is -0.915. The topological polar surface area (TPSA) is 63.7 Å². The van der Waals surface area contributed by atoms with Crippen LogP contribution in [0.1, 0.15) is 31.1 Å². The molecule has 3 rings (SSSR count). The van der Waals surface area contributed by atoms with Gasteiger partial charge in [0, 0.05) is 4.90 Å². The summed E-state index contributed by atoms with van der Waals surface area (Å²) in [7, 11) is 0. The lowest BCUT2D eigenvalue weighted by molar-refractivity contribution is -0.0584. The van der Waals surface area contributed by atoms with Crippen LogP contribution >= 0.6 is 35.0 Å². The second-order valence-electron chi connectivity index (χ2n) is 4.80. The van der Waals surface area contributed by atoms with Gasteiger partial charge in [-0.15, -0.1) is 11.8 Å². The molecule has 0 aliphatic carbocycles. The van der Waals surface area contributed by atoms with Gasteiger partial charge in [0.15, 0.2) is 0 Å². The average Bonchev–Trinajstić information content (AvgIpc) is 2.80. The smallest absolute Gasteiger partial charge is 0.324 e. The van der Waals surface area contributed by atoms with Crippen LogP contribution in [0.25, 0.3) is 0 Å². The first-order valence-electron chi connectivity index (χ1n) is 6.67. The molecule has 0 N–H and O–H groups in total. The monoisotopic (exact) mass is 381 g/mol. The third kappa shape index (κ3) is 2.77. The largest absolute Gasteiger partial charge is 0.365 e. The van der Waals surface area contributed by atoms with E-state index in [0.717, 1.165) is 0 Å². The fourth-order valence-electron chi connectivity index (χ4n) is 2.22. The molecule has 0 aromatic heterocycles. The van der Waals surface area contributed by atoms with E-state index in [-0.39, 0.29) is 21.7 Å². The fourth-order valence-corrected chi connectivity index (χ4v) is 3.41. The highest BCUT2D eigenvalue weighted by atomic mass is 35.5. The summed E-state index contributed by atoms with van der Waals surface area (Å²) in [6.07, 6.45) is 1.79. The number of rotatable bonds is 3. The lowest BCUT2D eigenvalue weighted by atomic mass is 10.1. The number of amides is 2. The van der Waals surface area contributed by atoms with Crippen molar-refractivity contribution < 1.29 is 19.2 Å². The number of hydrogen-bond acceptors (Lipinski definition) is 5. The van der Waals surface area contributed by atoms with E-state index >= 15 is 0 Å². The van der Waals surface area contributed by atoms with E-state index in [9.17, 15) is 14.4 Å². The van der Waals surface area contributed by atoms with Crippen LogP contribution in [0, 0.1) is 0 Å². The zero-order chi connectivity index (χ0) is 17.4. The van der Waals surface area contributed by atoms with Crippen LogP contribution < -0.4 is 0 Å². The summed E-state index contributed by atoms with van der Waals surface area (Å²) in [6, 6.07) is 9.09. The van der Waals surface area contributed by atoms with E-state index in [0.29, 0.717) is 15.0 Å². The van der Waals surface area contributed by atoms with Gasteiger partial charge in [-0.05, 0) is 30.5 Å². The summed E-state index contributed by atoms with van der Waals surface area (Å²) in [5.74, 6) is -2.31. The molecule has 0 spiro atoms. The number of carbonyl (C=O) groups excluding carboxylic acids is 3. The van der Waals surface area contributed by atoms with E-state index in [1.807, 2.05) is 0 Å². The highest BCUT2D eigenvalue weighted by Gasteiger charge is 2.39. The molecule has 0 fully saturated rings. The zero-order valence-electron chi connectivity index (χ0n) is 12.2. The van der Waals surface area contributed by atoms with Crippen LogP contribution in [0.4, 0.5) is 0 Å². The summed E-state index contributed by atoms with van der Waals surface area (Å²) in [5.41, 5.74) is 0.381. The summed E-state index contributed by atoms with van der Waals surface area (Å²) in [5, 5.41) is 0.903. The normalized spacial score (nSPS) is 13.2. The lowest BCUT2D eigenvalue weighted by Gasteiger charge is -2.14. The second kappa shape index (κ2) is 6.47. The van der Waals surface area contributed by atoms with Crippen molar-refractivity contribution in [1.82, 2.24) is 5.06 Å². The first-order valence-corrected chi connectivity index (χ1v) is 8.65. The van der Waals surface area contributed by atoms with E-state index in [2.05, 4.69) is 0 Å². The first kappa shape index (κ1) is 16.8. The van der Waals surface area contributed by atoms with Crippen molar-refractivity contribution in [3.05, 3.63) is 63.1 Å². The number of fused-ring (bicyclic) bond motifs is 1. The molecule has 0 radical (unpaired) electrons. The van der Waals surface area contributed by atoms with Gasteiger partial charge in [-0.1, -0.05) is 40.4 Å². The predicted octanol–water partition coefficient (Wildman–Crippen LogP) is 4.08. The molecular formula is C16H9Cl2NO4S. The number of hydroxylamine groups is 2. The average molecular weight is 382 g/mol. The van der Waals surface area contributed by atoms with Gasteiger partial charge in [-0.25, -0.2) is 4.79 Å². The molecule has 8 heteroatoms. The Morgan fingerprint density at radius 1 is 1.04 bits per heavy atom. The molecule has 0 atom stereocenters. The van der Waals surface area contributed by atoms with Gasteiger partial charge in [-0.2, -0.15) is 0 Å². The Labute approximate surface area is 151 Å². The number of benzene rings is 2. The Kier molecular flexibility index (Phi) is 4.54. The van der Waals surface area contributed by atoms with Gasteiger partial charge in [0.05, 0.1) is 26.7 Å². The molecule has 24 heavy (non-hydrogen) atoms. The lowest BCUT2D eigenvalue weighted by Crippen LogP contribution is -2.32. The molecule has 1 heterocycles. The minimum absolute atomic E-state index is 0.0157. The molecule has 122 valence electrons. The number of carbonyl (C=O) groups is 3. The third-order valence-corrected chi connectivity index (χ3v) is 4.91. The molecule has 1 aliphatic rings. The maximum Gasteiger partial charge on any atom is 0.365 e. The quantitative estimate of drug-likeness (QED) is 0.591. The fraction of sp³-hybridized carbons (Fsp3) is 0.0625. The summed E-state index contributed by atoms with van der Waals surface area (Å²) in [6.45, 7) is 0. The van der Waals surface area contributed by atoms with Gasteiger partial charge in [0.1, 0.15) is 0 Å². The van der Waals surface area contributed by atoms with Crippen LogP contribution in [-0.4, -0.2) is 29.1 Å². The molecule has 2 amide bonds. The van der Waals surface area contributed by atoms with Crippen LogP contribution in [0.5, 0.6) is 0 Å². The van der Waals surface area contributed by atoms with E-state index < -0.39 is 17.8 Å². The molecular weight excluding hydrogens is 373 g/mol. The minimum Gasteiger partial charge on any atom is -0.324 e. The predicted molar refractivity (Wildman–Crippen MR) is 90.6 cm³/mol.